The molecule has 0 rings (SSSR count). The summed E-state index contributed by atoms with van der Waals surface area (Å²) in [5.41, 5.74) is 3.66. The lowest BCUT2D eigenvalue weighted by Crippen LogP contribution is -2.11. The molecule has 0 aliphatic rings. The van der Waals surface area contributed by atoms with Gasteiger partial charge in [-0.05, 0) is 12.2 Å². The van der Waals surface area contributed by atoms with E-state index in [4.69, 9.17) is 0 Å². The van der Waals surface area contributed by atoms with Crippen LogP contribution in [0.1, 0.15) is 0 Å². The average Bonchev–Trinajstić information content (AvgIpc) is 1.69. The van der Waals surface area contributed by atoms with E-state index in [1.165, 1.54) is 0 Å². The van der Waals surface area contributed by atoms with Crippen LogP contribution in [0.15, 0.2) is 12.7 Å². The smallest absolute Gasteiger partial charge is 0.174 e. The maximum absolute atomic E-state index is 4.44. The summed E-state index contributed by atoms with van der Waals surface area (Å²) < 4.78 is 0. The summed E-state index contributed by atoms with van der Waals surface area (Å²) in [7, 11) is 0. The van der Waals surface area contributed by atoms with E-state index in [1.54, 1.807) is 6.08 Å². The predicted molar refractivity (Wildman–Crippen MR) is 32.9 cm³/mol. The van der Waals surface area contributed by atoms with Gasteiger partial charge < -0.3 is 4.84 Å². The summed E-state index contributed by atoms with van der Waals surface area (Å²) >= 11 is 4.32. The van der Waals surface area contributed by atoms with Gasteiger partial charge in [0.05, 0.1) is 0 Å². The Kier molecular flexibility index (Phi) is 5.26. The van der Waals surface area contributed by atoms with Crippen LogP contribution in [0.5, 0.6) is 0 Å². The molecule has 2 nitrogen and oxygen atoms in total. The van der Waals surface area contributed by atoms with Gasteiger partial charge in [-0.2, -0.15) is 5.48 Å². The van der Waals surface area contributed by atoms with Crippen LogP contribution in [-0.4, -0.2) is 12.1 Å². The van der Waals surface area contributed by atoms with Crippen molar-refractivity contribution in [3.63, 3.8) is 0 Å². The van der Waals surface area contributed by atoms with E-state index in [2.05, 4.69) is 29.1 Å². The molecular formula is C4H7NOS. The van der Waals surface area contributed by atoms with Crippen LogP contribution in [0, 0.1) is 0 Å². The molecule has 0 saturated heterocycles. The van der Waals surface area contributed by atoms with Crippen molar-refractivity contribution >= 4 is 17.8 Å². The Labute approximate surface area is 48.1 Å². The fourth-order valence-electron chi connectivity index (χ4n) is 0.141. The maximum atomic E-state index is 4.44. The second-order valence-corrected chi connectivity index (χ2v) is 1.04. The summed E-state index contributed by atoms with van der Waals surface area (Å²) in [5, 5.41) is 0. The largest absolute Gasteiger partial charge is 0.405 e. The topological polar surface area (TPSA) is 21.3 Å². The number of hydrogen-bond donors (Lipinski definition) is 1. The van der Waals surface area contributed by atoms with Gasteiger partial charge in [0.25, 0.3) is 0 Å². The molecule has 0 aromatic carbocycles. The van der Waals surface area contributed by atoms with Gasteiger partial charge in [0, 0.05) is 6.54 Å². The highest BCUT2D eigenvalue weighted by Gasteiger charge is 1.69. The van der Waals surface area contributed by atoms with Crippen LogP contribution in [0.25, 0.3) is 0 Å². The Morgan fingerprint density at radius 3 is 3.00 bits per heavy atom. The Bertz CT molecular complexity index is 56.7. The van der Waals surface area contributed by atoms with Gasteiger partial charge in [-0.25, -0.2) is 0 Å². The molecule has 0 fully saturated rings. The molecule has 0 amide bonds. The number of nitrogens with one attached hydrogen (secondary N) is 1. The second kappa shape index (κ2) is 5.59. The fourth-order valence-corrected chi connectivity index (χ4v) is 0.209. The molecule has 0 aromatic rings. The van der Waals surface area contributed by atoms with Crippen LogP contribution < -0.4 is 5.48 Å². The summed E-state index contributed by atoms with van der Waals surface area (Å²) in [5.74, 6) is 0. The van der Waals surface area contributed by atoms with Gasteiger partial charge in [0.2, 0.25) is 0 Å². The van der Waals surface area contributed by atoms with Crippen molar-refractivity contribution in [2.24, 2.45) is 0 Å². The SMILES string of the molecule is C=CCNOC=S. The molecule has 1 N–H and O–H groups in total. The van der Waals surface area contributed by atoms with E-state index in [-0.39, 0.29) is 0 Å². The molecular weight excluding hydrogens is 110 g/mol. The molecule has 0 bridgehead atoms. The van der Waals surface area contributed by atoms with Crippen molar-refractivity contribution in [3.8, 4) is 0 Å². The van der Waals surface area contributed by atoms with Crippen LogP contribution >= 0.6 is 12.2 Å². The highest BCUT2D eigenvalue weighted by molar-refractivity contribution is 7.78. The minimum atomic E-state index is 0.618. The molecule has 0 radical (unpaired) electrons. The predicted octanol–water partition coefficient (Wildman–Crippen LogP) is 0.651. The van der Waals surface area contributed by atoms with Crippen molar-refractivity contribution in [3.05, 3.63) is 12.7 Å². The monoisotopic (exact) mass is 117 g/mol. The minimum Gasteiger partial charge on any atom is -0.405 e. The summed E-state index contributed by atoms with van der Waals surface area (Å²) in [6, 6.07) is 0. The van der Waals surface area contributed by atoms with E-state index in [0.717, 1.165) is 5.55 Å². The highest BCUT2D eigenvalue weighted by Crippen LogP contribution is 1.58. The number of rotatable bonds is 4. The molecule has 3 heteroatoms. The highest BCUT2D eigenvalue weighted by atomic mass is 32.1. The molecule has 0 aromatic heterocycles. The Morgan fingerprint density at radius 1 is 1.86 bits per heavy atom. The summed E-state index contributed by atoms with van der Waals surface area (Å²) in [6.07, 6.45) is 1.68. The normalized spacial score (nSPS) is 7.43. The molecule has 7 heavy (non-hydrogen) atoms. The van der Waals surface area contributed by atoms with E-state index in [1.807, 2.05) is 0 Å². The molecule has 0 atom stereocenters. The minimum absolute atomic E-state index is 0.618. The van der Waals surface area contributed by atoms with Crippen LogP contribution in [0.4, 0.5) is 0 Å². The first-order valence-electron chi connectivity index (χ1n) is 1.85. The quantitative estimate of drug-likeness (QED) is 0.253. The van der Waals surface area contributed by atoms with Crippen molar-refractivity contribution in [1.29, 1.82) is 0 Å². The Morgan fingerprint density at radius 2 is 2.57 bits per heavy atom. The average molecular weight is 117 g/mol. The molecule has 0 spiro atoms. The standard InChI is InChI=1S/C4H7NOS/c1-2-3-5-6-4-7/h2,4-5H,1,3H2. The Hall–Kier alpha value is -0.410. The van der Waals surface area contributed by atoms with Gasteiger partial charge >= 0.3 is 0 Å². The maximum Gasteiger partial charge on any atom is 0.174 e. The molecule has 0 heterocycles. The molecule has 0 unspecified atom stereocenters. The van der Waals surface area contributed by atoms with Crippen molar-refractivity contribution in [2.45, 2.75) is 0 Å². The summed E-state index contributed by atoms with van der Waals surface area (Å²) in [6.45, 7) is 4.06. The zero-order valence-corrected chi connectivity index (χ0v) is 4.70. The van der Waals surface area contributed by atoms with Gasteiger partial charge in [0.15, 0.2) is 5.55 Å². The van der Waals surface area contributed by atoms with E-state index in [0.29, 0.717) is 6.54 Å². The summed E-state index contributed by atoms with van der Waals surface area (Å²) in [4.78, 5) is 4.44. The Balaban J connectivity index is 2.68. The molecule has 0 aliphatic carbocycles. The fraction of sp³-hybridized carbons (Fsp3) is 0.250. The lowest BCUT2D eigenvalue weighted by Gasteiger charge is -1.92. The third-order valence-corrected chi connectivity index (χ3v) is 0.455. The van der Waals surface area contributed by atoms with Crippen molar-refractivity contribution < 1.29 is 4.84 Å². The van der Waals surface area contributed by atoms with Crippen LogP contribution in [0.2, 0.25) is 0 Å². The van der Waals surface area contributed by atoms with Crippen LogP contribution in [0.3, 0.4) is 0 Å². The first kappa shape index (κ1) is 6.59. The molecule has 0 saturated carbocycles. The first-order valence-corrected chi connectivity index (χ1v) is 2.32. The van der Waals surface area contributed by atoms with E-state index >= 15 is 0 Å². The zero-order chi connectivity index (χ0) is 5.54. The number of hydrogen-bond acceptors (Lipinski definition) is 3. The first-order chi connectivity index (χ1) is 3.41. The van der Waals surface area contributed by atoms with Crippen molar-refractivity contribution in [2.75, 3.05) is 6.54 Å². The second-order valence-electron chi connectivity index (χ2n) is 0.851. The number of thiocarbonyl (C=S) groups is 1. The van der Waals surface area contributed by atoms with Gasteiger partial charge in [0.1, 0.15) is 0 Å². The van der Waals surface area contributed by atoms with Crippen LogP contribution in [-0.2, 0) is 4.84 Å². The molecule has 0 aliphatic heterocycles. The van der Waals surface area contributed by atoms with Gasteiger partial charge in [-0.15, -0.1) is 6.58 Å². The van der Waals surface area contributed by atoms with E-state index in [9.17, 15) is 0 Å². The zero-order valence-electron chi connectivity index (χ0n) is 3.89. The van der Waals surface area contributed by atoms with Gasteiger partial charge in [-0.3, -0.25) is 0 Å². The lowest BCUT2D eigenvalue weighted by molar-refractivity contribution is 0.212. The van der Waals surface area contributed by atoms with Crippen molar-refractivity contribution in [1.82, 2.24) is 5.48 Å². The number of hydroxylamine groups is 1. The third-order valence-electron chi connectivity index (χ3n) is 0.359. The lowest BCUT2D eigenvalue weighted by atomic mass is 10.7. The van der Waals surface area contributed by atoms with E-state index < -0.39 is 0 Å². The molecule has 40 valence electrons. The van der Waals surface area contributed by atoms with Gasteiger partial charge in [-0.1, -0.05) is 6.08 Å². The third kappa shape index (κ3) is 5.59.